The molecule has 2 aromatic rings. The molecule has 0 spiro atoms. The summed E-state index contributed by atoms with van der Waals surface area (Å²) in [6.07, 6.45) is 2.89. The molecule has 2 N–H and O–H groups in total. The minimum absolute atomic E-state index is 0.259. The first-order valence-corrected chi connectivity index (χ1v) is 6.13. The van der Waals surface area contributed by atoms with E-state index in [4.69, 9.17) is 15.2 Å². The molecule has 1 saturated heterocycles. The van der Waals surface area contributed by atoms with Crippen molar-refractivity contribution in [3.05, 3.63) is 23.9 Å². The molecule has 1 atom stereocenters. The molecular weight excluding hydrogens is 246 g/mol. The van der Waals surface area contributed by atoms with E-state index in [0.29, 0.717) is 17.9 Å². The van der Waals surface area contributed by atoms with Crippen molar-refractivity contribution in [3.63, 3.8) is 0 Å². The topological polar surface area (TPSA) is 79.4 Å². The molecule has 6 heteroatoms. The van der Waals surface area contributed by atoms with Crippen molar-refractivity contribution < 1.29 is 14.3 Å². The van der Waals surface area contributed by atoms with Crippen molar-refractivity contribution in [2.75, 3.05) is 26.1 Å². The minimum atomic E-state index is -0.446. The molecule has 0 radical (unpaired) electrons. The van der Waals surface area contributed by atoms with Crippen molar-refractivity contribution >= 4 is 22.6 Å². The maximum atomic E-state index is 11.6. The van der Waals surface area contributed by atoms with E-state index in [0.717, 1.165) is 23.9 Å². The van der Waals surface area contributed by atoms with Gasteiger partial charge < -0.3 is 15.2 Å². The monoisotopic (exact) mass is 261 g/mol. The van der Waals surface area contributed by atoms with Gasteiger partial charge in [0.25, 0.3) is 0 Å². The largest absolute Gasteiger partial charge is 0.465 e. The van der Waals surface area contributed by atoms with Crippen LogP contribution in [0.2, 0.25) is 0 Å². The summed E-state index contributed by atoms with van der Waals surface area (Å²) < 4.78 is 11.9. The number of aromatic nitrogens is 2. The maximum Gasteiger partial charge on any atom is 0.340 e. The quantitative estimate of drug-likeness (QED) is 0.652. The first-order valence-electron chi connectivity index (χ1n) is 6.13. The van der Waals surface area contributed by atoms with Crippen LogP contribution in [0.3, 0.4) is 0 Å². The number of ether oxygens (including phenoxy) is 2. The summed E-state index contributed by atoms with van der Waals surface area (Å²) in [5.74, 6) is -0.446. The number of benzene rings is 1. The second kappa shape index (κ2) is 4.55. The van der Waals surface area contributed by atoms with Crippen LogP contribution in [0.15, 0.2) is 18.3 Å². The molecule has 0 unspecified atom stereocenters. The second-order valence-corrected chi connectivity index (χ2v) is 4.62. The number of nitrogen functional groups attached to an aromatic ring is 1. The lowest BCUT2D eigenvalue weighted by atomic mass is 10.1. The maximum absolute atomic E-state index is 11.6. The van der Waals surface area contributed by atoms with Crippen LogP contribution < -0.4 is 5.73 Å². The van der Waals surface area contributed by atoms with Gasteiger partial charge in [0.05, 0.1) is 30.8 Å². The van der Waals surface area contributed by atoms with Crippen molar-refractivity contribution in [2.24, 2.45) is 0 Å². The molecule has 0 amide bonds. The number of fused-ring (bicyclic) bond motifs is 1. The molecule has 3 rings (SSSR count). The Hall–Kier alpha value is -2.08. The number of carbonyl (C=O) groups excluding carboxylic acids is 1. The Morgan fingerprint density at radius 3 is 3.11 bits per heavy atom. The number of hydrogen-bond donors (Lipinski definition) is 1. The fourth-order valence-electron chi connectivity index (χ4n) is 2.31. The zero-order chi connectivity index (χ0) is 13.4. The van der Waals surface area contributed by atoms with Gasteiger partial charge in [0, 0.05) is 23.9 Å². The van der Waals surface area contributed by atoms with Gasteiger partial charge in [-0.2, -0.15) is 5.10 Å². The lowest BCUT2D eigenvalue weighted by molar-refractivity contribution is 0.0602. The normalized spacial score (nSPS) is 18.9. The number of esters is 1. The highest BCUT2D eigenvalue weighted by Gasteiger charge is 2.20. The Balaban J connectivity index is 2.05. The summed E-state index contributed by atoms with van der Waals surface area (Å²) in [7, 11) is 1.33. The van der Waals surface area contributed by atoms with Crippen LogP contribution in [0.4, 0.5) is 5.69 Å². The zero-order valence-electron chi connectivity index (χ0n) is 10.6. The van der Waals surface area contributed by atoms with E-state index in [9.17, 15) is 4.79 Å². The van der Waals surface area contributed by atoms with Gasteiger partial charge in [-0.05, 0) is 18.6 Å². The van der Waals surface area contributed by atoms with Crippen LogP contribution in [0.5, 0.6) is 0 Å². The van der Waals surface area contributed by atoms with E-state index in [-0.39, 0.29) is 6.04 Å². The highest BCUT2D eigenvalue weighted by Crippen LogP contribution is 2.25. The molecule has 19 heavy (non-hydrogen) atoms. The van der Waals surface area contributed by atoms with Crippen molar-refractivity contribution in [1.82, 2.24) is 9.78 Å². The molecule has 1 aliphatic rings. The van der Waals surface area contributed by atoms with Gasteiger partial charge in [-0.3, -0.25) is 4.68 Å². The number of rotatable bonds is 2. The van der Waals surface area contributed by atoms with E-state index < -0.39 is 5.97 Å². The van der Waals surface area contributed by atoms with Gasteiger partial charge in [0.2, 0.25) is 0 Å². The van der Waals surface area contributed by atoms with Crippen LogP contribution in [-0.2, 0) is 9.47 Å². The highest BCUT2D eigenvalue weighted by molar-refractivity contribution is 6.00. The zero-order valence-corrected chi connectivity index (χ0v) is 10.6. The predicted octanol–water partition coefficient (Wildman–Crippen LogP) is 1.37. The Labute approximate surface area is 110 Å². The summed E-state index contributed by atoms with van der Waals surface area (Å²) in [4.78, 5) is 11.6. The van der Waals surface area contributed by atoms with Crippen molar-refractivity contribution in [3.8, 4) is 0 Å². The molecule has 1 fully saturated rings. The number of nitrogens with zero attached hydrogens (tertiary/aromatic N) is 2. The molecule has 2 heterocycles. The van der Waals surface area contributed by atoms with E-state index in [1.54, 1.807) is 12.1 Å². The number of anilines is 1. The number of methoxy groups -OCH3 is 1. The highest BCUT2D eigenvalue weighted by atomic mass is 16.5. The van der Waals surface area contributed by atoms with E-state index in [1.807, 2.05) is 10.9 Å². The van der Waals surface area contributed by atoms with Gasteiger partial charge in [0.15, 0.2) is 0 Å². The summed E-state index contributed by atoms with van der Waals surface area (Å²) in [5.41, 5.74) is 7.35. The molecule has 1 aliphatic heterocycles. The molecule has 1 aromatic heterocycles. The van der Waals surface area contributed by atoms with Gasteiger partial charge in [-0.15, -0.1) is 0 Å². The third-order valence-electron chi connectivity index (χ3n) is 3.38. The summed E-state index contributed by atoms with van der Waals surface area (Å²) in [5, 5.41) is 5.40. The fraction of sp³-hybridized carbons (Fsp3) is 0.385. The molecule has 0 bridgehead atoms. The SMILES string of the molecule is COC(=O)c1cc2nn([C@H]3CCOC3)cc2cc1N. The Morgan fingerprint density at radius 1 is 1.58 bits per heavy atom. The average Bonchev–Trinajstić information content (AvgIpc) is 3.04. The van der Waals surface area contributed by atoms with Crippen molar-refractivity contribution in [2.45, 2.75) is 12.5 Å². The molecule has 6 nitrogen and oxygen atoms in total. The smallest absolute Gasteiger partial charge is 0.340 e. The molecular formula is C13H15N3O3. The Bertz CT molecular complexity index is 629. The molecule has 100 valence electrons. The standard InChI is InChI=1S/C13H15N3O3/c1-18-13(17)10-5-12-8(4-11(10)14)6-16(15-12)9-2-3-19-7-9/h4-6,9H,2-3,7,14H2,1H3/t9-/m0/s1. The lowest BCUT2D eigenvalue weighted by Gasteiger charge is -2.06. The van der Waals surface area contributed by atoms with E-state index in [2.05, 4.69) is 5.10 Å². The van der Waals surface area contributed by atoms with E-state index >= 15 is 0 Å². The third-order valence-corrected chi connectivity index (χ3v) is 3.38. The predicted molar refractivity (Wildman–Crippen MR) is 70.0 cm³/mol. The minimum Gasteiger partial charge on any atom is -0.465 e. The van der Waals surface area contributed by atoms with Gasteiger partial charge >= 0.3 is 5.97 Å². The Kier molecular flexibility index (Phi) is 2.87. The van der Waals surface area contributed by atoms with E-state index in [1.165, 1.54) is 7.11 Å². The third kappa shape index (κ3) is 2.04. The van der Waals surface area contributed by atoms with Gasteiger partial charge in [-0.1, -0.05) is 0 Å². The van der Waals surface area contributed by atoms with Gasteiger partial charge in [0.1, 0.15) is 0 Å². The second-order valence-electron chi connectivity index (χ2n) is 4.62. The fourth-order valence-corrected chi connectivity index (χ4v) is 2.31. The number of carbonyl (C=O) groups is 1. The van der Waals surface area contributed by atoms with Crippen LogP contribution in [0.25, 0.3) is 10.9 Å². The lowest BCUT2D eigenvalue weighted by Crippen LogP contribution is -2.08. The Morgan fingerprint density at radius 2 is 2.42 bits per heavy atom. The molecule has 0 saturated carbocycles. The van der Waals surface area contributed by atoms with Gasteiger partial charge in [-0.25, -0.2) is 4.79 Å². The molecule has 0 aliphatic carbocycles. The van der Waals surface area contributed by atoms with Crippen LogP contribution in [0.1, 0.15) is 22.8 Å². The number of hydrogen-bond acceptors (Lipinski definition) is 5. The van der Waals surface area contributed by atoms with Crippen LogP contribution in [-0.4, -0.2) is 36.1 Å². The first kappa shape index (κ1) is 12.0. The van der Waals surface area contributed by atoms with Crippen molar-refractivity contribution in [1.29, 1.82) is 0 Å². The summed E-state index contributed by atoms with van der Waals surface area (Å²) in [6, 6.07) is 3.68. The van der Waals surface area contributed by atoms with Crippen LogP contribution >= 0.6 is 0 Å². The molecule has 1 aromatic carbocycles. The number of nitrogens with two attached hydrogens (primary N) is 1. The first-order chi connectivity index (χ1) is 9.19. The van der Waals surface area contributed by atoms with Crippen LogP contribution in [0, 0.1) is 0 Å². The summed E-state index contributed by atoms with van der Waals surface area (Å²) >= 11 is 0. The summed E-state index contributed by atoms with van der Waals surface area (Å²) in [6.45, 7) is 1.43. The average molecular weight is 261 g/mol.